The fraction of sp³-hybridized carbons (Fsp3) is 0.636. The minimum atomic E-state index is 0. The van der Waals surface area contributed by atoms with Gasteiger partial charge in [0.15, 0.2) is 5.06 Å². The van der Waals surface area contributed by atoms with E-state index in [2.05, 4.69) is 39.5 Å². The van der Waals surface area contributed by atoms with Crippen LogP contribution in [0.15, 0.2) is 11.4 Å². The van der Waals surface area contributed by atoms with Crippen LogP contribution in [0.3, 0.4) is 0 Å². The molecule has 0 atom stereocenters. The highest BCUT2D eigenvalue weighted by Gasteiger charge is 2.06. The van der Waals surface area contributed by atoms with E-state index in [1.54, 1.807) is 11.3 Å². The van der Waals surface area contributed by atoms with E-state index in [1.807, 2.05) is 0 Å². The molecule has 0 unspecified atom stereocenters. The van der Waals surface area contributed by atoms with Crippen molar-refractivity contribution in [1.29, 1.82) is 0 Å². The molecule has 0 aliphatic heterocycles. The number of rotatable bonds is 5. The Morgan fingerprint density at radius 2 is 2.00 bits per heavy atom. The molecule has 0 aliphatic rings. The van der Waals surface area contributed by atoms with Crippen molar-refractivity contribution in [3.8, 4) is 5.06 Å². The maximum Gasteiger partial charge on any atom is 0.173 e. The average Bonchev–Trinajstić information content (AvgIpc) is 2.44. The van der Waals surface area contributed by atoms with Gasteiger partial charge in [0.1, 0.15) is 0 Å². The van der Waals surface area contributed by atoms with E-state index in [1.165, 1.54) is 5.56 Å². The van der Waals surface area contributed by atoms with Crippen LogP contribution >= 0.6 is 11.3 Å². The molecule has 0 saturated heterocycles. The Kier molecular flexibility index (Phi) is 6.48. The quantitative estimate of drug-likeness (QED) is 0.527. The first-order valence-electron chi connectivity index (χ1n) is 4.96. The lowest BCUT2D eigenvalue weighted by atomic mass is 10.4. The molecule has 15 heavy (non-hydrogen) atoms. The summed E-state index contributed by atoms with van der Waals surface area (Å²) < 4.78 is 6.64. The summed E-state index contributed by atoms with van der Waals surface area (Å²) in [5, 5.41) is 3.17. The van der Waals surface area contributed by atoms with Gasteiger partial charge in [-0.2, -0.15) is 0 Å². The van der Waals surface area contributed by atoms with Crippen molar-refractivity contribution in [2.75, 3.05) is 34.3 Å². The third-order valence-corrected chi connectivity index (χ3v) is 2.88. The fourth-order valence-corrected chi connectivity index (χ4v) is 1.97. The first-order chi connectivity index (χ1) is 6.47. The Balaban J connectivity index is 0.00000196. The number of thiophene rings is 1. The Bertz CT molecular complexity index is 280. The number of ether oxygens (including phenoxy) is 1. The van der Waals surface area contributed by atoms with Crippen LogP contribution in [0.4, 0.5) is 0 Å². The van der Waals surface area contributed by atoms with Crippen LogP contribution in [-0.4, -0.2) is 38.8 Å². The van der Waals surface area contributed by atoms with Gasteiger partial charge in [0, 0.05) is 6.42 Å². The minimum absolute atomic E-state index is 0. The second kappa shape index (κ2) is 6.51. The van der Waals surface area contributed by atoms with Crippen molar-refractivity contribution in [3.05, 3.63) is 17.0 Å². The van der Waals surface area contributed by atoms with Crippen molar-refractivity contribution in [2.45, 2.75) is 13.3 Å². The summed E-state index contributed by atoms with van der Waals surface area (Å²) in [6.07, 6.45) is 1.11. The van der Waals surface area contributed by atoms with Gasteiger partial charge in [0.2, 0.25) is 0 Å². The van der Waals surface area contributed by atoms with E-state index >= 15 is 0 Å². The largest absolute Gasteiger partial charge is 1.00 e. The third-order valence-electron chi connectivity index (χ3n) is 1.92. The molecule has 1 rings (SSSR count). The molecular formula is C11H20BrNOS. The zero-order valence-corrected chi connectivity index (χ0v) is 12.3. The highest BCUT2D eigenvalue weighted by atomic mass is 79.9. The molecule has 0 saturated carbocycles. The van der Waals surface area contributed by atoms with E-state index in [9.17, 15) is 0 Å². The topological polar surface area (TPSA) is 9.23 Å². The van der Waals surface area contributed by atoms with Crippen molar-refractivity contribution in [3.63, 3.8) is 0 Å². The second-order valence-corrected chi connectivity index (χ2v) is 5.53. The summed E-state index contributed by atoms with van der Waals surface area (Å²) in [6.45, 7) is 4.08. The Morgan fingerprint density at radius 1 is 1.33 bits per heavy atom. The smallest absolute Gasteiger partial charge is 0.173 e. The molecule has 0 amide bonds. The first kappa shape index (κ1) is 14.9. The summed E-state index contributed by atoms with van der Waals surface area (Å²) in [7, 11) is 6.61. The monoisotopic (exact) mass is 293 g/mol. The van der Waals surface area contributed by atoms with Crippen molar-refractivity contribution >= 4 is 11.3 Å². The fourth-order valence-electron chi connectivity index (χ4n) is 1.19. The number of nitrogens with zero attached hydrogens (tertiary/aromatic N) is 1. The van der Waals surface area contributed by atoms with Crippen LogP contribution in [-0.2, 0) is 0 Å². The summed E-state index contributed by atoms with van der Waals surface area (Å²) in [4.78, 5) is 0. The molecule has 0 N–H and O–H groups in total. The van der Waals surface area contributed by atoms with Crippen LogP contribution in [0, 0.1) is 6.92 Å². The molecule has 1 aromatic heterocycles. The summed E-state index contributed by atoms with van der Waals surface area (Å²) in [6, 6.07) is 2.09. The standard InChI is InChI=1S/C11H20NOS.BrH/c1-10-8-11(14-9-10)13-7-5-6-12(2,3)4;/h8-9H,5-7H2,1-4H3;1H/q+1;/p-1. The first-order valence-corrected chi connectivity index (χ1v) is 5.84. The average molecular weight is 294 g/mol. The number of hydrogen-bond donors (Lipinski definition) is 0. The Hall–Kier alpha value is -0.0600. The lowest BCUT2D eigenvalue weighted by Crippen LogP contribution is -3.00. The van der Waals surface area contributed by atoms with Gasteiger partial charge in [-0.3, -0.25) is 0 Å². The Labute approximate surface area is 107 Å². The van der Waals surface area contributed by atoms with Crippen LogP contribution < -0.4 is 21.7 Å². The summed E-state index contributed by atoms with van der Waals surface area (Å²) in [5.41, 5.74) is 1.29. The molecule has 0 radical (unpaired) electrons. The van der Waals surface area contributed by atoms with Crippen molar-refractivity contribution < 1.29 is 26.2 Å². The SMILES string of the molecule is Cc1csc(OCCC[N+](C)(C)C)c1.[Br-]. The predicted octanol–water partition coefficient (Wildman–Crippen LogP) is -0.464. The van der Waals surface area contributed by atoms with Gasteiger partial charge in [-0.25, -0.2) is 0 Å². The van der Waals surface area contributed by atoms with Gasteiger partial charge < -0.3 is 26.2 Å². The minimum Gasteiger partial charge on any atom is -1.00 e. The van der Waals surface area contributed by atoms with Gasteiger partial charge in [-0.05, 0) is 23.9 Å². The van der Waals surface area contributed by atoms with E-state index in [-0.39, 0.29) is 17.0 Å². The third kappa shape index (κ3) is 6.93. The van der Waals surface area contributed by atoms with Crippen molar-refractivity contribution in [1.82, 2.24) is 0 Å². The van der Waals surface area contributed by atoms with Gasteiger partial charge in [0.25, 0.3) is 0 Å². The van der Waals surface area contributed by atoms with Gasteiger partial charge in [-0.1, -0.05) is 0 Å². The zero-order valence-electron chi connectivity index (χ0n) is 9.92. The second-order valence-electron chi connectivity index (χ2n) is 4.66. The number of aryl methyl sites for hydroxylation is 1. The Morgan fingerprint density at radius 3 is 2.47 bits per heavy atom. The molecule has 88 valence electrons. The van der Waals surface area contributed by atoms with Crippen LogP contribution in [0.1, 0.15) is 12.0 Å². The lowest BCUT2D eigenvalue weighted by molar-refractivity contribution is -0.870. The van der Waals surface area contributed by atoms with E-state index in [0.29, 0.717) is 0 Å². The van der Waals surface area contributed by atoms with E-state index in [4.69, 9.17) is 4.74 Å². The molecule has 0 aromatic carbocycles. The van der Waals surface area contributed by atoms with Gasteiger partial charge >= 0.3 is 0 Å². The molecule has 0 bridgehead atoms. The highest BCUT2D eigenvalue weighted by Crippen LogP contribution is 2.22. The molecule has 4 heteroatoms. The molecule has 1 aromatic rings. The van der Waals surface area contributed by atoms with Crippen LogP contribution in [0.25, 0.3) is 0 Å². The normalized spacial score (nSPS) is 10.9. The summed E-state index contributed by atoms with van der Waals surface area (Å²) in [5.74, 6) is 0. The molecule has 0 fully saturated rings. The molecule has 0 spiro atoms. The van der Waals surface area contributed by atoms with E-state index < -0.39 is 0 Å². The van der Waals surface area contributed by atoms with Crippen molar-refractivity contribution in [2.24, 2.45) is 0 Å². The predicted molar refractivity (Wildman–Crippen MR) is 62.1 cm³/mol. The number of halogens is 1. The van der Waals surface area contributed by atoms with Gasteiger partial charge in [0.05, 0.1) is 34.3 Å². The number of hydrogen-bond acceptors (Lipinski definition) is 2. The van der Waals surface area contributed by atoms with E-state index in [0.717, 1.165) is 29.1 Å². The molecular weight excluding hydrogens is 274 g/mol. The highest BCUT2D eigenvalue weighted by molar-refractivity contribution is 7.11. The maximum atomic E-state index is 5.63. The lowest BCUT2D eigenvalue weighted by Gasteiger charge is -2.23. The van der Waals surface area contributed by atoms with Crippen LogP contribution in [0.2, 0.25) is 0 Å². The molecule has 2 nitrogen and oxygen atoms in total. The van der Waals surface area contributed by atoms with Gasteiger partial charge in [-0.15, -0.1) is 11.3 Å². The molecule has 1 heterocycles. The number of quaternary nitrogens is 1. The maximum absolute atomic E-state index is 5.63. The zero-order chi connectivity index (χ0) is 10.6. The molecule has 0 aliphatic carbocycles. The summed E-state index contributed by atoms with van der Waals surface area (Å²) >= 11 is 1.68. The van der Waals surface area contributed by atoms with Crippen LogP contribution in [0.5, 0.6) is 5.06 Å².